The number of benzene rings is 1. The molecule has 20 heavy (non-hydrogen) atoms. The first kappa shape index (κ1) is 15.3. The first-order valence-electron chi connectivity index (χ1n) is 7.17. The van der Waals surface area contributed by atoms with E-state index in [9.17, 15) is 9.18 Å². The van der Waals surface area contributed by atoms with Crippen LogP contribution in [-0.4, -0.2) is 18.3 Å². The molecule has 1 aromatic carbocycles. The molecule has 0 aromatic heterocycles. The van der Waals surface area contributed by atoms with Crippen LogP contribution in [0.25, 0.3) is 0 Å². The first-order chi connectivity index (χ1) is 9.58. The number of hydrogen-bond acceptors (Lipinski definition) is 1. The van der Waals surface area contributed by atoms with Crippen LogP contribution in [0.5, 0.6) is 0 Å². The molecular formula is C16H21ClFNO. The van der Waals surface area contributed by atoms with Gasteiger partial charge in [0.05, 0.1) is 5.56 Å². The first-order valence-corrected chi connectivity index (χ1v) is 7.71. The highest BCUT2D eigenvalue weighted by atomic mass is 35.5. The lowest BCUT2D eigenvalue weighted by molar-refractivity contribution is 0.0916. The Morgan fingerprint density at radius 2 is 2.05 bits per heavy atom. The molecule has 0 aliphatic heterocycles. The Balaban J connectivity index is 2.02. The van der Waals surface area contributed by atoms with E-state index in [0.29, 0.717) is 18.0 Å². The number of aryl methyl sites for hydroxylation is 1. The highest BCUT2D eigenvalue weighted by molar-refractivity contribution is 6.18. The van der Waals surface area contributed by atoms with Crippen molar-refractivity contribution in [2.75, 3.05) is 12.4 Å². The fraction of sp³-hybridized carbons (Fsp3) is 0.562. The van der Waals surface area contributed by atoms with Gasteiger partial charge in [-0.2, -0.15) is 0 Å². The summed E-state index contributed by atoms with van der Waals surface area (Å²) in [6, 6.07) is 4.88. The van der Waals surface area contributed by atoms with E-state index >= 15 is 0 Å². The monoisotopic (exact) mass is 297 g/mol. The van der Waals surface area contributed by atoms with Gasteiger partial charge >= 0.3 is 0 Å². The van der Waals surface area contributed by atoms with E-state index in [1.165, 1.54) is 12.5 Å². The van der Waals surface area contributed by atoms with E-state index in [-0.39, 0.29) is 16.9 Å². The molecule has 0 spiro atoms. The maximum Gasteiger partial charge on any atom is 0.254 e. The fourth-order valence-electron chi connectivity index (χ4n) is 2.85. The van der Waals surface area contributed by atoms with Crippen molar-refractivity contribution < 1.29 is 9.18 Å². The molecule has 0 heterocycles. The molecule has 1 aromatic rings. The molecule has 1 aliphatic carbocycles. The van der Waals surface area contributed by atoms with Crippen LogP contribution in [0.15, 0.2) is 18.2 Å². The zero-order chi connectivity index (χ0) is 14.6. The van der Waals surface area contributed by atoms with Crippen molar-refractivity contribution in [2.45, 2.75) is 39.0 Å². The van der Waals surface area contributed by atoms with Gasteiger partial charge in [-0.25, -0.2) is 4.39 Å². The summed E-state index contributed by atoms with van der Waals surface area (Å²) in [5.74, 6) is -0.237. The van der Waals surface area contributed by atoms with Gasteiger partial charge in [0.1, 0.15) is 5.82 Å². The van der Waals surface area contributed by atoms with Crippen molar-refractivity contribution >= 4 is 17.5 Å². The van der Waals surface area contributed by atoms with Crippen molar-refractivity contribution in [1.29, 1.82) is 0 Å². The molecule has 0 atom stereocenters. The summed E-state index contributed by atoms with van der Waals surface area (Å²) in [5.41, 5.74) is 0.586. The Morgan fingerprint density at radius 3 is 2.70 bits per heavy atom. The summed E-state index contributed by atoms with van der Waals surface area (Å²) in [4.78, 5) is 12.1. The second-order valence-corrected chi connectivity index (χ2v) is 6.08. The molecule has 0 bridgehead atoms. The smallest absolute Gasteiger partial charge is 0.254 e. The van der Waals surface area contributed by atoms with Gasteiger partial charge < -0.3 is 5.32 Å². The zero-order valence-corrected chi connectivity index (χ0v) is 12.6. The van der Waals surface area contributed by atoms with Crippen LogP contribution < -0.4 is 5.32 Å². The summed E-state index contributed by atoms with van der Waals surface area (Å²) >= 11 is 6.10. The normalized spacial score (nSPS) is 17.8. The average Bonchev–Trinajstić information content (AvgIpc) is 2.48. The lowest BCUT2D eigenvalue weighted by atomic mass is 9.75. The fourth-order valence-corrected chi connectivity index (χ4v) is 3.21. The molecule has 4 heteroatoms. The molecule has 0 saturated heterocycles. The maximum absolute atomic E-state index is 13.9. The summed E-state index contributed by atoms with van der Waals surface area (Å²) in [6.07, 6.45) is 5.61. The van der Waals surface area contributed by atoms with Gasteiger partial charge in [0.25, 0.3) is 5.91 Å². The third-order valence-electron chi connectivity index (χ3n) is 4.26. The summed E-state index contributed by atoms with van der Waals surface area (Å²) < 4.78 is 13.9. The van der Waals surface area contributed by atoms with Gasteiger partial charge in [-0.15, -0.1) is 11.6 Å². The largest absolute Gasteiger partial charge is 0.351 e. The van der Waals surface area contributed by atoms with Crippen LogP contribution in [-0.2, 0) is 0 Å². The maximum atomic E-state index is 13.9. The summed E-state index contributed by atoms with van der Waals surface area (Å²) in [6.45, 7) is 2.19. The Bertz CT molecular complexity index is 483. The van der Waals surface area contributed by atoms with E-state index in [1.807, 2.05) is 0 Å². The molecule has 1 aliphatic rings. The second kappa shape index (κ2) is 6.57. The average molecular weight is 298 g/mol. The minimum absolute atomic E-state index is 0.0181. The summed E-state index contributed by atoms with van der Waals surface area (Å²) in [7, 11) is 0. The Labute approximate surface area is 124 Å². The van der Waals surface area contributed by atoms with E-state index in [1.54, 1.807) is 19.1 Å². The quantitative estimate of drug-likeness (QED) is 0.835. The number of amides is 1. The van der Waals surface area contributed by atoms with E-state index in [2.05, 4.69) is 5.32 Å². The molecule has 2 nitrogen and oxygen atoms in total. The predicted molar refractivity (Wildman–Crippen MR) is 79.7 cm³/mol. The van der Waals surface area contributed by atoms with Crippen LogP contribution in [0, 0.1) is 18.2 Å². The van der Waals surface area contributed by atoms with Gasteiger partial charge in [0.15, 0.2) is 0 Å². The molecular weight excluding hydrogens is 277 g/mol. The molecule has 1 saturated carbocycles. The van der Waals surface area contributed by atoms with Crippen LogP contribution in [0.1, 0.15) is 48.0 Å². The third-order valence-corrected chi connectivity index (χ3v) is 4.83. The number of rotatable bonds is 4. The number of carbonyl (C=O) groups excluding carboxylic acids is 1. The Kier molecular flexibility index (Phi) is 5.03. The SMILES string of the molecule is Cc1cccc(C(=O)NCC2(CCl)CCCCC2)c1F. The van der Waals surface area contributed by atoms with Crippen LogP contribution in [0.4, 0.5) is 4.39 Å². The van der Waals surface area contributed by atoms with Gasteiger partial charge in [-0.1, -0.05) is 31.4 Å². The van der Waals surface area contributed by atoms with Gasteiger partial charge in [0.2, 0.25) is 0 Å². The lowest BCUT2D eigenvalue weighted by Crippen LogP contribution is -2.40. The van der Waals surface area contributed by atoms with Crippen LogP contribution in [0.3, 0.4) is 0 Å². The molecule has 1 amide bonds. The predicted octanol–water partition coefficient (Wildman–Crippen LogP) is 4.05. The minimum Gasteiger partial charge on any atom is -0.351 e. The molecule has 110 valence electrons. The van der Waals surface area contributed by atoms with Gasteiger partial charge in [-0.3, -0.25) is 4.79 Å². The topological polar surface area (TPSA) is 29.1 Å². The third kappa shape index (κ3) is 3.32. The molecule has 0 radical (unpaired) electrons. The van der Waals surface area contributed by atoms with Crippen molar-refractivity contribution in [3.8, 4) is 0 Å². The number of halogens is 2. The molecule has 1 fully saturated rings. The van der Waals surface area contributed by atoms with Crippen molar-refractivity contribution in [2.24, 2.45) is 5.41 Å². The highest BCUT2D eigenvalue weighted by Crippen LogP contribution is 2.36. The van der Waals surface area contributed by atoms with Gasteiger partial charge in [-0.05, 0) is 31.4 Å². The van der Waals surface area contributed by atoms with Crippen molar-refractivity contribution in [3.05, 3.63) is 35.1 Å². The van der Waals surface area contributed by atoms with Crippen molar-refractivity contribution in [1.82, 2.24) is 5.32 Å². The minimum atomic E-state index is -0.437. The molecule has 1 N–H and O–H groups in total. The van der Waals surface area contributed by atoms with E-state index in [0.717, 1.165) is 25.7 Å². The number of carbonyl (C=O) groups is 1. The lowest BCUT2D eigenvalue weighted by Gasteiger charge is -2.35. The summed E-state index contributed by atoms with van der Waals surface area (Å²) in [5, 5.41) is 2.87. The number of alkyl halides is 1. The van der Waals surface area contributed by atoms with Gasteiger partial charge in [0, 0.05) is 17.8 Å². The van der Waals surface area contributed by atoms with Crippen LogP contribution in [0.2, 0.25) is 0 Å². The van der Waals surface area contributed by atoms with Crippen LogP contribution >= 0.6 is 11.6 Å². The van der Waals surface area contributed by atoms with E-state index in [4.69, 9.17) is 11.6 Å². The Hall–Kier alpha value is -1.09. The number of hydrogen-bond donors (Lipinski definition) is 1. The van der Waals surface area contributed by atoms with Crippen molar-refractivity contribution in [3.63, 3.8) is 0 Å². The number of nitrogens with one attached hydrogen (secondary N) is 1. The molecule has 0 unspecified atom stereocenters. The zero-order valence-electron chi connectivity index (χ0n) is 11.8. The second-order valence-electron chi connectivity index (χ2n) is 5.81. The standard InChI is InChI=1S/C16H21ClFNO/c1-12-6-5-7-13(14(12)18)15(20)19-11-16(10-17)8-3-2-4-9-16/h5-7H,2-4,8-11H2,1H3,(H,19,20). The molecule has 2 rings (SSSR count). The van der Waals surface area contributed by atoms with E-state index < -0.39 is 5.82 Å². The highest BCUT2D eigenvalue weighted by Gasteiger charge is 2.31. The Morgan fingerprint density at radius 1 is 1.35 bits per heavy atom.